The fourth-order valence-corrected chi connectivity index (χ4v) is 3.59. The van der Waals surface area contributed by atoms with Crippen molar-refractivity contribution in [3.05, 3.63) is 58.1 Å². The van der Waals surface area contributed by atoms with Gasteiger partial charge in [0, 0.05) is 10.2 Å². The monoisotopic (exact) mass is 415 g/mol. The molecule has 1 N–H and O–H groups in total. The number of carbonyl (C=O) groups excluding carboxylic acids is 1. The number of carbonyl (C=O) groups is 1. The predicted octanol–water partition coefficient (Wildman–Crippen LogP) is 4.63. The van der Waals surface area contributed by atoms with Crippen molar-refractivity contribution >= 4 is 38.9 Å². The highest BCUT2D eigenvalue weighted by atomic mass is 79.9. The Bertz CT molecular complexity index is 1020. The molecule has 3 aromatic rings. The van der Waals surface area contributed by atoms with Crippen LogP contribution in [0.15, 0.2) is 56.8 Å². The van der Waals surface area contributed by atoms with Gasteiger partial charge in [0.1, 0.15) is 11.8 Å². The van der Waals surface area contributed by atoms with Gasteiger partial charge in [-0.1, -0.05) is 15.9 Å². The van der Waals surface area contributed by atoms with Gasteiger partial charge in [-0.25, -0.2) is 9.78 Å². The van der Waals surface area contributed by atoms with E-state index in [9.17, 15) is 4.79 Å². The van der Waals surface area contributed by atoms with Crippen LogP contribution in [0.25, 0.3) is 11.0 Å². The number of imidazole rings is 1. The fraction of sp³-hybridized carbons (Fsp3) is 0.263. The van der Waals surface area contributed by atoms with Crippen LogP contribution >= 0.6 is 15.9 Å². The molecule has 1 aromatic carbocycles. The van der Waals surface area contributed by atoms with Gasteiger partial charge in [-0.3, -0.25) is 4.57 Å². The molecule has 1 unspecified atom stereocenters. The second-order valence-electron chi connectivity index (χ2n) is 6.47. The molecule has 0 saturated heterocycles. The molecule has 1 aliphatic rings. The normalized spacial score (nSPS) is 16.7. The number of aromatic nitrogens is 2. The number of esters is 1. The predicted molar refractivity (Wildman–Crippen MR) is 102 cm³/mol. The number of nitrogens with zero attached hydrogens (tertiary/aromatic N) is 2. The van der Waals surface area contributed by atoms with Gasteiger partial charge in [0.15, 0.2) is 0 Å². The largest absolute Gasteiger partial charge is 0.467 e. The molecule has 3 heterocycles. The van der Waals surface area contributed by atoms with Crippen LogP contribution in [0.4, 0.5) is 5.95 Å². The van der Waals surface area contributed by atoms with E-state index in [2.05, 4.69) is 26.2 Å². The van der Waals surface area contributed by atoms with E-state index in [-0.39, 0.29) is 12.1 Å². The van der Waals surface area contributed by atoms with Crippen LogP contribution in [-0.2, 0) is 9.53 Å². The van der Waals surface area contributed by atoms with Gasteiger partial charge in [-0.05, 0) is 51.1 Å². The summed E-state index contributed by atoms with van der Waals surface area (Å²) in [6, 6.07) is 9.08. The average molecular weight is 416 g/mol. The maximum atomic E-state index is 12.9. The first-order valence-corrected chi connectivity index (χ1v) is 9.14. The summed E-state index contributed by atoms with van der Waals surface area (Å²) < 4.78 is 14.1. The Hall–Kier alpha value is -2.54. The van der Waals surface area contributed by atoms with E-state index in [4.69, 9.17) is 9.15 Å². The molecule has 6 nitrogen and oxygen atoms in total. The third-order valence-corrected chi connectivity index (χ3v) is 4.76. The molecule has 7 heteroatoms. The average Bonchev–Trinajstić information content (AvgIpc) is 3.20. The molecular formula is C19H18BrN3O3. The number of benzene rings is 1. The number of allylic oxidation sites excluding steroid dienone is 1. The van der Waals surface area contributed by atoms with Crippen molar-refractivity contribution in [1.29, 1.82) is 0 Å². The molecule has 0 radical (unpaired) electrons. The van der Waals surface area contributed by atoms with Gasteiger partial charge in [0.25, 0.3) is 0 Å². The van der Waals surface area contributed by atoms with E-state index >= 15 is 0 Å². The van der Waals surface area contributed by atoms with Gasteiger partial charge in [0.2, 0.25) is 5.95 Å². The lowest BCUT2D eigenvalue weighted by Gasteiger charge is -2.29. The number of halogens is 1. The number of ether oxygens (including phenoxy) is 1. The van der Waals surface area contributed by atoms with Gasteiger partial charge in [-0.2, -0.15) is 0 Å². The van der Waals surface area contributed by atoms with Gasteiger partial charge in [0.05, 0.1) is 29.0 Å². The molecule has 134 valence electrons. The first-order valence-electron chi connectivity index (χ1n) is 8.35. The van der Waals surface area contributed by atoms with E-state index < -0.39 is 6.04 Å². The quantitative estimate of drug-likeness (QED) is 0.631. The molecule has 0 fully saturated rings. The molecule has 0 bridgehead atoms. The summed E-state index contributed by atoms with van der Waals surface area (Å²) in [4.78, 5) is 17.5. The molecule has 0 aliphatic carbocycles. The molecular weight excluding hydrogens is 398 g/mol. The number of fused-ring (bicyclic) bond motifs is 3. The van der Waals surface area contributed by atoms with Gasteiger partial charge >= 0.3 is 5.97 Å². The SMILES string of the molecule is CC1=C(C(=O)OC(C)C)C(c2ccco2)n2c(nc3ccc(Br)cc32)N1. The van der Waals surface area contributed by atoms with Crippen molar-refractivity contribution in [2.45, 2.75) is 32.9 Å². The fourth-order valence-electron chi connectivity index (χ4n) is 3.24. The van der Waals surface area contributed by atoms with Crippen LogP contribution in [0, 0.1) is 0 Å². The smallest absolute Gasteiger partial charge is 0.338 e. The molecule has 1 aliphatic heterocycles. The summed E-state index contributed by atoms with van der Waals surface area (Å²) in [6.45, 7) is 5.52. The van der Waals surface area contributed by atoms with Crippen molar-refractivity contribution in [2.75, 3.05) is 5.32 Å². The number of hydrogen-bond acceptors (Lipinski definition) is 5. The summed E-state index contributed by atoms with van der Waals surface area (Å²) in [6.07, 6.45) is 1.39. The maximum Gasteiger partial charge on any atom is 0.338 e. The van der Waals surface area contributed by atoms with E-state index in [1.165, 1.54) is 0 Å². The third kappa shape index (κ3) is 2.72. The van der Waals surface area contributed by atoms with Crippen LogP contribution in [-0.4, -0.2) is 21.6 Å². The number of nitrogens with one attached hydrogen (secondary N) is 1. The number of furan rings is 1. The van der Waals surface area contributed by atoms with Crippen LogP contribution < -0.4 is 5.32 Å². The van der Waals surface area contributed by atoms with E-state index in [0.717, 1.165) is 15.5 Å². The minimum Gasteiger partial charge on any atom is -0.467 e. The zero-order valence-corrected chi connectivity index (χ0v) is 16.2. The summed E-state index contributed by atoms with van der Waals surface area (Å²) in [5, 5.41) is 3.24. The summed E-state index contributed by atoms with van der Waals surface area (Å²) in [5.41, 5.74) is 2.95. The zero-order valence-electron chi connectivity index (χ0n) is 14.6. The van der Waals surface area contributed by atoms with Gasteiger partial charge < -0.3 is 14.5 Å². The number of anilines is 1. The Balaban J connectivity index is 1.95. The molecule has 1 atom stereocenters. The van der Waals surface area contributed by atoms with E-state index in [1.807, 2.05) is 55.7 Å². The van der Waals surface area contributed by atoms with Crippen molar-refractivity contribution in [1.82, 2.24) is 9.55 Å². The second-order valence-corrected chi connectivity index (χ2v) is 7.39. The van der Waals surface area contributed by atoms with Crippen LogP contribution in [0.1, 0.15) is 32.6 Å². The van der Waals surface area contributed by atoms with Crippen LogP contribution in [0.3, 0.4) is 0 Å². The van der Waals surface area contributed by atoms with Crippen molar-refractivity contribution < 1.29 is 13.9 Å². The minimum atomic E-state index is -0.452. The highest BCUT2D eigenvalue weighted by Gasteiger charge is 2.36. The minimum absolute atomic E-state index is 0.213. The summed E-state index contributed by atoms with van der Waals surface area (Å²) in [7, 11) is 0. The maximum absolute atomic E-state index is 12.9. The lowest BCUT2D eigenvalue weighted by molar-refractivity contribution is -0.143. The number of hydrogen-bond donors (Lipinski definition) is 1. The molecule has 26 heavy (non-hydrogen) atoms. The Morgan fingerprint density at radius 3 is 2.88 bits per heavy atom. The topological polar surface area (TPSA) is 69.3 Å². The number of rotatable bonds is 3. The van der Waals surface area contributed by atoms with E-state index in [1.54, 1.807) is 6.26 Å². The lowest BCUT2D eigenvalue weighted by atomic mass is 10.00. The standard InChI is InChI=1S/C19H18BrN3O3/c1-10(2)26-18(24)16-11(3)21-19-22-13-7-6-12(20)9-14(13)23(19)17(16)15-5-4-8-25-15/h4-10,17H,1-3H3,(H,21,22). The van der Waals surface area contributed by atoms with Crippen molar-refractivity contribution in [3.8, 4) is 0 Å². The second kappa shape index (κ2) is 6.32. The molecule has 0 spiro atoms. The lowest BCUT2D eigenvalue weighted by Crippen LogP contribution is -2.29. The molecule has 0 saturated carbocycles. The summed E-state index contributed by atoms with van der Waals surface area (Å²) in [5.74, 6) is 0.953. The molecule has 2 aromatic heterocycles. The van der Waals surface area contributed by atoms with Crippen LogP contribution in [0.2, 0.25) is 0 Å². The highest BCUT2D eigenvalue weighted by Crippen LogP contribution is 2.40. The first-order chi connectivity index (χ1) is 12.5. The van der Waals surface area contributed by atoms with E-state index in [0.29, 0.717) is 23.0 Å². The highest BCUT2D eigenvalue weighted by molar-refractivity contribution is 9.10. The Labute approximate surface area is 159 Å². The Morgan fingerprint density at radius 1 is 1.38 bits per heavy atom. The molecule has 0 amide bonds. The Morgan fingerprint density at radius 2 is 2.19 bits per heavy atom. The summed E-state index contributed by atoms with van der Waals surface area (Å²) >= 11 is 3.51. The van der Waals surface area contributed by atoms with Crippen molar-refractivity contribution in [2.24, 2.45) is 0 Å². The third-order valence-electron chi connectivity index (χ3n) is 4.26. The molecule has 4 rings (SSSR count). The van der Waals surface area contributed by atoms with Crippen LogP contribution in [0.5, 0.6) is 0 Å². The zero-order chi connectivity index (χ0) is 18.4. The van der Waals surface area contributed by atoms with Crippen molar-refractivity contribution in [3.63, 3.8) is 0 Å². The van der Waals surface area contributed by atoms with Gasteiger partial charge in [-0.15, -0.1) is 0 Å². The Kier molecular flexibility index (Phi) is 4.11. The first kappa shape index (κ1) is 16.9.